The van der Waals surface area contributed by atoms with E-state index < -0.39 is 0 Å². The topological polar surface area (TPSA) is 58.1 Å². The molecular formula is C20H34N4O2. The fourth-order valence-corrected chi connectivity index (χ4v) is 2.97. The van der Waals surface area contributed by atoms with Crippen molar-refractivity contribution in [3.63, 3.8) is 0 Å². The molecule has 1 heterocycles. The van der Waals surface area contributed by atoms with Gasteiger partial charge in [0.2, 0.25) is 0 Å². The van der Waals surface area contributed by atoms with E-state index in [0.29, 0.717) is 6.54 Å². The largest absolute Gasteiger partial charge is 0.489 e. The molecule has 0 radical (unpaired) electrons. The molecule has 1 fully saturated rings. The van der Waals surface area contributed by atoms with Crippen LogP contribution in [0.3, 0.4) is 0 Å². The van der Waals surface area contributed by atoms with Crippen molar-refractivity contribution in [3.8, 4) is 5.75 Å². The van der Waals surface area contributed by atoms with Crippen LogP contribution < -0.4 is 15.4 Å². The van der Waals surface area contributed by atoms with Crippen LogP contribution in [0.5, 0.6) is 5.75 Å². The van der Waals surface area contributed by atoms with E-state index in [4.69, 9.17) is 9.47 Å². The van der Waals surface area contributed by atoms with Gasteiger partial charge in [0.25, 0.3) is 0 Å². The summed E-state index contributed by atoms with van der Waals surface area (Å²) in [6, 6.07) is 9.95. The van der Waals surface area contributed by atoms with Crippen molar-refractivity contribution >= 4 is 5.96 Å². The van der Waals surface area contributed by atoms with Crippen molar-refractivity contribution in [2.45, 2.75) is 38.8 Å². The van der Waals surface area contributed by atoms with Crippen LogP contribution in [0.1, 0.15) is 27.2 Å². The molecule has 1 aliphatic rings. The van der Waals surface area contributed by atoms with E-state index in [1.165, 1.54) is 0 Å². The molecule has 0 saturated carbocycles. The summed E-state index contributed by atoms with van der Waals surface area (Å²) in [5.74, 6) is 1.71. The number of hydrogen-bond acceptors (Lipinski definition) is 4. The van der Waals surface area contributed by atoms with Gasteiger partial charge in [-0.2, -0.15) is 0 Å². The molecule has 1 saturated heterocycles. The van der Waals surface area contributed by atoms with Crippen molar-refractivity contribution in [2.24, 2.45) is 4.99 Å². The van der Waals surface area contributed by atoms with Crippen LogP contribution in [0.15, 0.2) is 35.3 Å². The molecule has 6 heteroatoms. The second-order valence-electron chi connectivity index (χ2n) is 7.18. The summed E-state index contributed by atoms with van der Waals surface area (Å²) in [6.45, 7) is 11.8. The molecule has 0 spiro atoms. The number of benzene rings is 1. The van der Waals surface area contributed by atoms with E-state index in [2.05, 4.69) is 41.3 Å². The zero-order valence-corrected chi connectivity index (χ0v) is 16.6. The number of nitrogens with zero attached hydrogens (tertiary/aromatic N) is 2. The Balaban J connectivity index is 1.79. The third kappa shape index (κ3) is 6.50. The quantitative estimate of drug-likeness (QED) is 0.548. The van der Waals surface area contributed by atoms with Gasteiger partial charge in [-0.3, -0.25) is 9.89 Å². The minimum atomic E-state index is 0.0477. The summed E-state index contributed by atoms with van der Waals surface area (Å²) in [6.07, 6.45) is 1.03. The highest BCUT2D eigenvalue weighted by molar-refractivity contribution is 5.79. The molecule has 0 aromatic heterocycles. The van der Waals surface area contributed by atoms with E-state index in [-0.39, 0.29) is 11.6 Å². The minimum Gasteiger partial charge on any atom is -0.489 e. The first-order valence-corrected chi connectivity index (χ1v) is 9.54. The Morgan fingerprint density at radius 1 is 1.23 bits per heavy atom. The maximum Gasteiger partial charge on any atom is 0.191 e. The highest BCUT2D eigenvalue weighted by Gasteiger charge is 2.28. The molecule has 1 unspecified atom stereocenters. The molecule has 2 rings (SSSR count). The third-order valence-corrected chi connectivity index (χ3v) is 4.78. The summed E-state index contributed by atoms with van der Waals surface area (Å²) in [5.41, 5.74) is 0.0477. The van der Waals surface area contributed by atoms with Crippen LogP contribution in [0.25, 0.3) is 0 Å². The molecule has 6 nitrogen and oxygen atoms in total. The molecule has 0 bridgehead atoms. The van der Waals surface area contributed by atoms with Gasteiger partial charge in [0.1, 0.15) is 11.9 Å². The fraction of sp³-hybridized carbons (Fsp3) is 0.650. The molecule has 26 heavy (non-hydrogen) atoms. The lowest BCUT2D eigenvalue weighted by molar-refractivity contribution is -0.00834. The Labute approximate surface area is 158 Å². The molecule has 1 aromatic carbocycles. The predicted molar refractivity (Wildman–Crippen MR) is 107 cm³/mol. The van der Waals surface area contributed by atoms with E-state index >= 15 is 0 Å². The van der Waals surface area contributed by atoms with Crippen molar-refractivity contribution in [1.29, 1.82) is 0 Å². The predicted octanol–water partition coefficient (Wildman–Crippen LogP) is 2.12. The Morgan fingerprint density at radius 3 is 2.54 bits per heavy atom. The molecule has 2 N–H and O–H groups in total. The number of rotatable bonds is 8. The van der Waals surface area contributed by atoms with Gasteiger partial charge >= 0.3 is 0 Å². The van der Waals surface area contributed by atoms with Gasteiger partial charge in [-0.05, 0) is 32.4 Å². The second kappa shape index (κ2) is 10.4. The van der Waals surface area contributed by atoms with Gasteiger partial charge < -0.3 is 20.1 Å². The molecule has 0 amide bonds. The average Bonchev–Trinajstić information content (AvgIpc) is 2.68. The molecule has 1 aliphatic heterocycles. The average molecular weight is 363 g/mol. The second-order valence-corrected chi connectivity index (χ2v) is 7.18. The molecule has 1 aromatic rings. The van der Waals surface area contributed by atoms with Crippen molar-refractivity contribution in [3.05, 3.63) is 30.3 Å². The smallest absolute Gasteiger partial charge is 0.191 e. The number of nitrogens with one attached hydrogen (secondary N) is 2. The number of para-hydroxylation sites is 1. The first-order chi connectivity index (χ1) is 12.5. The minimum absolute atomic E-state index is 0.0477. The Hall–Kier alpha value is -1.79. The van der Waals surface area contributed by atoms with Crippen molar-refractivity contribution in [1.82, 2.24) is 15.5 Å². The molecule has 146 valence electrons. The normalized spacial score (nSPS) is 17.6. The van der Waals surface area contributed by atoms with Gasteiger partial charge in [0.15, 0.2) is 5.96 Å². The molecule has 0 aliphatic carbocycles. The zero-order chi connectivity index (χ0) is 18.8. The SMILES string of the molecule is CCC(CNC(=NC)NCC(C)(C)N1CCOCC1)Oc1ccccc1. The van der Waals surface area contributed by atoms with Crippen LogP contribution in [0.4, 0.5) is 0 Å². The summed E-state index contributed by atoms with van der Waals surface area (Å²) < 4.78 is 11.5. The third-order valence-electron chi connectivity index (χ3n) is 4.78. The first-order valence-electron chi connectivity index (χ1n) is 9.54. The Morgan fingerprint density at radius 2 is 1.92 bits per heavy atom. The van der Waals surface area contributed by atoms with Crippen LogP contribution in [0.2, 0.25) is 0 Å². The number of morpholine rings is 1. The summed E-state index contributed by atoms with van der Waals surface area (Å²) in [5, 5.41) is 6.84. The maximum atomic E-state index is 6.03. The number of ether oxygens (including phenoxy) is 2. The van der Waals surface area contributed by atoms with E-state index in [1.54, 1.807) is 7.05 Å². The monoisotopic (exact) mass is 362 g/mol. The fourth-order valence-electron chi connectivity index (χ4n) is 2.97. The molecule has 1 atom stereocenters. The van der Waals surface area contributed by atoms with Crippen LogP contribution >= 0.6 is 0 Å². The lowest BCUT2D eigenvalue weighted by Crippen LogP contribution is -2.56. The van der Waals surface area contributed by atoms with Gasteiger partial charge in [0.05, 0.1) is 19.8 Å². The maximum absolute atomic E-state index is 6.03. The van der Waals surface area contributed by atoms with E-state index in [1.807, 2.05) is 30.3 Å². The standard InChI is InChI=1S/C20H34N4O2/c1-5-17(26-18-9-7-6-8-10-18)15-22-19(21-4)23-16-20(2,3)24-11-13-25-14-12-24/h6-10,17H,5,11-16H2,1-4H3,(H2,21,22,23). The van der Waals surface area contributed by atoms with Gasteiger partial charge in [-0.15, -0.1) is 0 Å². The Kier molecular flexibility index (Phi) is 8.19. The number of aliphatic imine (C=N–C) groups is 1. The lowest BCUT2D eigenvalue weighted by Gasteiger charge is -2.41. The first kappa shape index (κ1) is 20.5. The van der Waals surface area contributed by atoms with Crippen molar-refractivity contribution in [2.75, 3.05) is 46.4 Å². The van der Waals surface area contributed by atoms with Crippen LogP contribution in [-0.2, 0) is 4.74 Å². The van der Waals surface area contributed by atoms with Crippen LogP contribution in [-0.4, -0.2) is 68.9 Å². The summed E-state index contributed by atoms with van der Waals surface area (Å²) >= 11 is 0. The zero-order valence-electron chi connectivity index (χ0n) is 16.6. The van der Waals surface area contributed by atoms with Crippen molar-refractivity contribution < 1.29 is 9.47 Å². The Bertz CT molecular complexity index is 542. The van der Waals surface area contributed by atoms with Gasteiger partial charge in [0, 0.05) is 32.2 Å². The summed E-state index contributed by atoms with van der Waals surface area (Å²) in [4.78, 5) is 6.81. The van der Waals surface area contributed by atoms with Gasteiger partial charge in [-0.25, -0.2) is 0 Å². The molecular weight excluding hydrogens is 328 g/mol. The van der Waals surface area contributed by atoms with E-state index in [0.717, 1.165) is 51.0 Å². The van der Waals surface area contributed by atoms with Gasteiger partial charge in [-0.1, -0.05) is 25.1 Å². The number of hydrogen-bond donors (Lipinski definition) is 2. The number of guanidine groups is 1. The highest BCUT2D eigenvalue weighted by Crippen LogP contribution is 2.15. The van der Waals surface area contributed by atoms with Crippen LogP contribution in [0, 0.1) is 0 Å². The van der Waals surface area contributed by atoms with E-state index in [9.17, 15) is 0 Å². The lowest BCUT2D eigenvalue weighted by atomic mass is 10.0. The summed E-state index contributed by atoms with van der Waals surface area (Å²) in [7, 11) is 1.80. The highest BCUT2D eigenvalue weighted by atomic mass is 16.5.